The fraction of sp³-hybridized carbons (Fsp3) is 0.409. The van der Waals surface area contributed by atoms with Crippen molar-refractivity contribution in [2.75, 3.05) is 17.9 Å². The molecule has 0 aliphatic heterocycles. The first-order valence-electron chi connectivity index (χ1n) is 10.1. The minimum absolute atomic E-state index is 0.00261. The molecule has 7 heteroatoms. The molecular weight excluding hydrogens is 388 g/mol. The van der Waals surface area contributed by atoms with Crippen molar-refractivity contribution in [3.8, 4) is 5.75 Å². The second-order valence-electron chi connectivity index (χ2n) is 7.72. The molecule has 2 aromatic rings. The number of anilines is 1. The predicted octanol–water partition coefficient (Wildman–Crippen LogP) is 3.90. The molecule has 2 aliphatic carbocycles. The van der Waals surface area contributed by atoms with Crippen molar-refractivity contribution in [3.05, 3.63) is 54.1 Å². The molecular formula is C22H26N2O4S. The third kappa shape index (κ3) is 4.90. The Morgan fingerprint density at radius 1 is 1.03 bits per heavy atom. The Balaban J connectivity index is 1.45. The van der Waals surface area contributed by atoms with Crippen molar-refractivity contribution in [1.82, 2.24) is 4.90 Å². The van der Waals surface area contributed by atoms with E-state index in [1.807, 2.05) is 11.8 Å². The van der Waals surface area contributed by atoms with Gasteiger partial charge in [-0.2, -0.15) is 0 Å². The van der Waals surface area contributed by atoms with Crippen molar-refractivity contribution >= 4 is 21.6 Å². The zero-order chi connectivity index (χ0) is 20.4. The summed E-state index contributed by atoms with van der Waals surface area (Å²) in [5, 5.41) is 0. The fourth-order valence-electron chi connectivity index (χ4n) is 3.31. The summed E-state index contributed by atoms with van der Waals surface area (Å²) < 4.78 is 33.2. The molecule has 0 heterocycles. The van der Waals surface area contributed by atoms with Crippen LogP contribution in [0, 0.1) is 5.92 Å². The minimum atomic E-state index is -3.73. The van der Waals surface area contributed by atoms with E-state index >= 15 is 0 Å². The van der Waals surface area contributed by atoms with Gasteiger partial charge in [-0.3, -0.25) is 9.52 Å². The highest BCUT2D eigenvalue weighted by molar-refractivity contribution is 7.92. The third-order valence-corrected chi connectivity index (χ3v) is 6.63. The third-order valence-electron chi connectivity index (χ3n) is 5.23. The Labute approximate surface area is 171 Å². The molecule has 6 nitrogen and oxygen atoms in total. The van der Waals surface area contributed by atoms with E-state index in [1.165, 1.54) is 25.0 Å². The summed E-state index contributed by atoms with van der Waals surface area (Å²) in [6, 6.07) is 13.3. The SMILES string of the molecule is CCOc1ccc(NS(=O)(=O)c2ccc(C(=O)N(CC3CC3)C3CC3)cc2)cc1. The summed E-state index contributed by atoms with van der Waals surface area (Å²) in [6.45, 7) is 3.26. The molecule has 0 radical (unpaired) electrons. The number of ether oxygens (including phenoxy) is 1. The average molecular weight is 415 g/mol. The number of amides is 1. The number of nitrogens with one attached hydrogen (secondary N) is 1. The Hall–Kier alpha value is -2.54. The monoisotopic (exact) mass is 414 g/mol. The molecule has 0 atom stereocenters. The van der Waals surface area contributed by atoms with Crippen LogP contribution in [0.15, 0.2) is 53.4 Å². The maximum Gasteiger partial charge on any atom is 0.261 e. The highest BCUT2D eigenvalue weighted by atomic mass is 32.2. The molecule has 29 heavy (non-hydrogen) atoms. The van der Waals surface area contributed by atoms with Crippen LogP contribution >= 0.6 is 0 Å². The summed E-state index contributed by atoms with van der Waals surface area (Å²) in [5.41, 5.74) is 0.996. The molecule has 0 bridgehead atoms. The van der Waals surface area contributed by atoms with E-state index in [-0.39, 0.29) is 10.8 Å². The Bertz CT molecular complexity index is 963. The van der Waals surface area contributed by atoms with Crippen molar-refractivity contribution in [1.29, 1.82) is 0 Å². The molecule has 2 aromatic carbocycles. The van der Waals surface area contributed by atoms with E-state index in [1.54, 1.807) is 36.4 Å². The molecule has 0 aromatic heterocycles. The first-order chi connectivity index (χ1) is 14.0. The van der Waals surface area contributed by atoms with Gasteiger partial charge in [0.05, 0.1) is 11.5 Å². The van der Waals surface area contributed by atoms with Crippen LogP contribution < -0.4 is 9.46 Å². The Kier molecular flexibility index (Phi) is 5.50. The first kappa shape index (κ1) is 19.8. The van der Waals surface area contributed by atoms with E-state index < -0.39 is 10.0 Å². The van der Waals surface area contributed by atoms with Crippen LogP contribution in [-0.2, 0) is 10.0 Å². The molecule has 0 unspecified atom stereocenters. The van der Waals surface area contributed by atoms with Gasteiger partial charge in [0.2, 0.25) is 0 Å². The quantitative estimate of drug-likeness (QED) is 0.675. The van der Waals surface area contributed by atoms with Gasteiger partial charge in [0.25, 0.3) is 15.9 Å². The van der Waals surface area contributed by atoms with Crippen molar-refractivity contribution < 1.29 is 17.9 Å². The molecule has 154 valence electrons. The molecule has 1 amide bonds. The number of sulfonamides is 1. The van der Waals surface area contributed by atoms with Crippen molar-refractivity contribution in [3.63, 3.8) is 0 Å². The van der Waals surface area contributed by atoms with Crippen LogP contribution in [-0.4, -0.2) is 38.4 Å². The fourth-order valence-corrected chi connectivity index (χ4v) is 4.36. The van der Waals surface area contributed by atoms with Crippen LogP contribution in [0.25, 0.3) is 0 Å². The normalized spacial score (nSPS) is 16.3. The number of carbonyl (C=O) groups excluding carboxylic acids is 1. The standard InChI is InChI=1S/C22H26N2O4S/c1-2-28-20-11-7-18(8-12-20)23-29(26,27)21-13-5-17(6-14-21)22(25)24(19-9-10-19)15-16-3-4-16/h5-8,11-14,16,19,23H,2-4,9-10,15H2,1H3. The number of nitrogens with zero attached hydrogens (tertiary/aromatic N) is 1. The lowest BCUT2D eigenvalue weighted by Crippen LogP contribution is -2.34. The molecule has 4 rings (SSSR count). The highest BCUT2D eigenvalue weighted by Crippen LogP contribution is 2.35. The van der Waals surface area contributed by atoms with Gasteiger partial charge in [-0.05, 0) is 87.1 Å². The number of benzene rings is 2. The second kappa shape index (κ2) is 8.06. The molecule has 2 aliphatic rings. The maximum absolute atomic E-state index is 12.9. The van der Waals surface area contributed by atoms with Gasteiger partial charge in [-0.15, -0.1) is 0 Å². The van der Waals surface area contributed by atoms with Gasteiger partial charge in [0.1, 0.15) is 5.75 Å². The van der Waals surface area contributed by atoms with Gasteiger partial charge in [0, 0.05) is 23.8 Å². The minimum Gasteiger partial charge on any atom is -0.494 e. The first-order valence-corrected chi connectivity index (χ1v) is 11.6. The van der Waals surface area contributed by atoms with Crippen LogP contribution in [0.3, 0.4) is 0 Å². The van der Waals surface area contributed by atoms with E-state index in [2.05, 4.69) is 4.72 Å². The summed E-state index contributed by atoms with van der Waals surface area (Å²) in [4.78, 5) is 15.0. The number of rotatable bonds is 9. The van der Waals surface area contributed by atoms with E-state index in [4.69, 9.17) is 4.74 Å². The van der Waals surface area contributed by atoms with E-state index in [0.717, 1.165) is 19.4 Å². The molecule has 0 saturated heterocycles. The lowest BCUT2D eigenvalue weighted by atomic mass is 10.2. The van der Waals surface area contributed by atoms with Crippen LogP contribution in [0.4, 0.5) is 5.69 Å². The van der Waals surface area contributed by atoms with Crippen molar-refractivity contribution in [2.45, 2.75) is 43.5 Å². The predicted molar refractivity (Wildman–Crippen MR) is 112 cm³/mol. The molecule has 2 saturated carbocycles. The lowest BCUT2D eigenvalue weighted by Gasteiger charge is -2.22. The summed E-state index contributed by atoms with van der Waals surface area (Å²) in [5.74, 6) is 1.32. The zero-order valence-corrected chi connectivity index (χ0v) is 17.3. The topological polar surface area (TPSA) is 75.7 Å². The summed E-state index contributed by atoms with van der Waals surface area (Å²) in [7, 11) is -3.73. The van der Waals surface area contributed by atoms with Gasteiger partial charge < -0.3 is 9.64 Å². The Morgan fingerprint density at radius 2 is 1.69 bits per heavy atom. The smallest absolute Gasteiger partial charge is 0.261 e. The zero-order valence-electron chi connectivity index (χ0n) is 16.5. The Morgan fingerprint density at radius 3 is 2.24 bits per heavy atom. The molecule has 0 spiro atoms. The average Bonchev–Trinajstić information content (AvgIpc) is 3.62. The number of carbonyl (C=O) groups is 1. The van der Waals surface area contributed by atoms with Crippen molar-refractivity contribution in [2.24, 2.45) is 5.92 Å². The lowest BCUT2D eigenvalue weighted by molar-refractivity contribution is 0.0734. The number of hydrogen-bond donors (Lipinski definition) is 1. The molecule has 2 fully saturated rings. The number of hydrogen-bond acceptors (Lipinski definition) is 4. The summed E-state index contributed by atoms with van der Waals surface area (Å²) in [6.07, 6.45) is 4.53. The van der Waals surface area contributed by atoms with E-state index in [0.29, 0.717) is 35.6 Å². The van der Waals surface area contributed by atoms with Crippen LogP contribution in [0.1, 0.15) is 43.0 Å². The van der Waals surface area contributed by atoms with Gasteiger partial charge in [0.15, 0.2) is 0 Å². The highest BCUT2D eigenvalue weighted by Gasteiger charge is 2.36. The summed E-state index contributed by atoms with van der Waals surface area (Å²) >= 11 is 0. The van der Waals surface area contributed by atoms with Crippen LogP contribution in [0.5, 0.6) is 5.75 Å². The maximum atomic E-state index is 12.9. The van der Waals surface area contributed by atoms with Gasteiger partial charge in [-0.1, -0.05) is 0 Å². The molecule has 1 N–H and O–H groups in total. The van der Waals surface area contributed by atoms with Gasteiger partial charge in [-0.25, -0.2) is 8.42 Å². The largest absolute Gasteiger partial charge is 0.494 e. The second-order valence-corrected chi connectivity index (χ2v) is 9.40. The van der Waals surface area contributed by atoms with Gasteiger partial charge >= 0.3 is 0 Å². The van der Waals surface area contributed by atoms with E-state index in [9.17, 15) is 13.2 Å². The van der Waals surface area contributed by atoms with Crippen LogP contribution in [0.2, 0.25) is 0 Å².